The third-order valence-electron chi connectivity index (χ3n) is 2.28. The molecule has 2 rings (SSSR count). The Morgan fingerprint density at radius 1 is 1.22 bits per heavy atom. The summed E-state index contributed by atoms with van der Waals surface area (Å²) < 4.78 is 18.6. The molecule has 0 aromatic heterocycles. The minimum atomic E-state index is -0.610. The number of anilines is 1. The molecule has 0 fully saturated rings. The molecule has 0 heterocycles. The van der Waals surface area contributed by atoms with E-state index in [1.165, 1.54) is 6.07 Å². The Balaban J connectivity index is 2.41. The van der Waals surface area contributed by atoms with Crippen molar-refractivity contribution in [1.29, 1.82) is 5.26 Å². The molecule has 0 radical (unpaired) electrons. The van der Waals surface area contributed by atoms with Gasteiger partial charge in [-0.15, -0.1) is 0 Å². The molecule has 0 unspecified atom stereocenters. The zero-order valence-corrected chi connectivity index (χ0v) is 9.91. The van der Waals surface area contributed by atoms with E-state index < -0.39 is 5.82 Å². The SMILES string of the molecule is N#Cc1ccccc1Oc1cc(N)c(F)cc1Cl. The van der Waals surface area contributed by atoms with Gasteiger partial charge in [-0.1, -0.05) is 23.7 Å². The van der Waals surface area contributed by atoms with Crippen molar-refractivity contribution < 1.29 is 9.13 Å². The molecule has 0 saturated carbocycles. The van der Waals surface area contributed by atoms with Crippen LogP contribution in [0.5, 0.6) is 11.5 Å². The lowest BCUT2D eigenvalue weighted by Gasteiger charge is -2.09. The number of hydrogen-bond acceptors (Lipinski definition) is 3. The van der Waals surface area contributed by atoms with Gasteiger partial charge in [0.15, 0.2) is 0 Å². The second kappa shape index (κ2) is 4.94. The van der Waals surface area contributed by atoms with Crippen LogP contribution in [0.15, 0.2) is 36.4 Å². The number of ether oxygens (including phenoxy) is 1. The number of nitrogens with zero attached hydrogens (tertiary/aromatic N) is 1. The first-order valence-electron chi connectivity index (χ1n) is 5.03. The fraction of sp³-hybridized carbons (Fsp3) is 0. The molecular weight excluding hydrogens is 255 g/mol. The van der Waals surface area contributed by atoms with E-state index in [4.69, 9.17) is 27.3 Å². The average molecular weight is 263 g/mol. The standard InChI is InChI=1S/C13H8ClFN2O/c14-9-5-10(15)11(17)6-13(9)18-12-4-2-1-3-8(12)7-16/h1-6H,17H2. The van der Waals surface area contributed by atoms with Crippen molar-refractivity contribution in [2.75, 3.05) is 5.73 Å². The molecule has 0 aliphatic carbocycles. The summed E-state index contributed by atoms with van der Waals surface area (Å²) >= 11 is 5.84. The van der Waals surface area contributed by atoms with Crippen molar-refractivity contribution in [1.82, 2.24) is 0 Å². The van der Waals surface area contributed by atoms with Crippen molar-refractivity contribution in [3.05, 3.63) is 52.8 Å². The summed E-state index contributed by atoms with van der Waals surface area (Å²) in [6.07, 6.45) is 0. The Hall–Kier alpha value is -2.25. The maximum atomic E-state index is 13.1. The molecule has 0 aliphatic heterocycles. The van der Waals surface area contributed by atoms with Crippen molar-refractivity contribution in [3.63, 3.8) is 0 Å². The lowest BCUT2D eigenvalue weighted by molar-refractivity contribution is 0.480. The average Bonchev–Trinajstić information content (AvgIpc) is 2.36. The number of para-hydroxylation sites is 1. The van der Waals surface area contributed by atoms with E-state index in [1.54, 1.807) is 24.3 Å². The van der Waals surface area contributed by atoms with Gasteiger partial charge in [0.05, 0.1) is 16.3 Å². The predicted molar refractivity (Wildman–Crippen MR) is 67.1 cm³/mol. The van der Waals surface area contributed by atoms with Gasteiger partial charge in [0.25, 0.3) is 0 Å². The largest absolute Gasteiger partial charge is 0.454 e. The third kappa shape index (κ3) is 2.36. The molecule has 18 heavy (non-hydrogen) atoms. The summed E-state index contributed by atoms with van der Waals surface area (Å²) in [5, 5.41) is 9.01. The summed E-state index contributed by atoms with van der Waals surface area (Å²) in [6.45, 7) is 0. The lowest BCUT2D eigenvalue weighted by atomic mass is 10.2. The van der Waals surface area contributed by atoms with Gasteiger partial charge in [0.2, 0.25) is 0 Å². The van der Waals surface area contributed by atoms with Gasteiger partial charge < -0.3 is 10.5 Å². The zero-order chi connectivity index (χ0) is 13.1. The Labute approximate surface area is 108 Å². The summed E-state index contributed by atoms with van der Waals surface area (Å²) in [4.78, 5) is 0. The third-order valence-corrected chi connectivity index (χ3v) is 2.57. The smallest absolute Gasteiger partial charge is 0.148 e. The van der Waals surface area contributed by atoms with E-state index in [0.717, 1.165) is 6.07 Å². The Bertz CT molecular complexity index is 637. The molecule has 5 heteroatoms. The minimum Gasteiger partial charge on any atom is -0.454 e. The Morgan fingerprint density at radius 3 is 2.67 bits per heavy atom. The van der Waals surface area contributed by atoms with Crippen LogP contribution in [0.1, 0.15) is 5.56 Å². The zero-order valence-electron chi connectivity index (χ0n) is 9.15. The van der Waals surface area contributed by atoms with Crippen LogP contribution in [-0.2, 0) is 0 Å². The number of benzene rings is 2. The quantitative estimate of drug-likeness (QED) is 0.839. The number of hydrogen-bond donors (Lipinski definition) is 1. The Kier molecular flexibility index (Phi) is 3.35. The van der Waals surface area contributed by atoms with Gasteiger partial charge in [-0.05, 0) is 18.2 Å². The van der Waals surface area contributed by atoms with Crippen molar-refractivity contribution in [2.45, 2.75) is 0 Å². The van der Waals surface area contributed by atoms with Crippen LogP contribution in [0.3, 0.4) is 0 Å². The number of halogens is 2. The van der Waals surface area contributed by atoms with Crippen molar-refractivity contribution in [2.24, 2.45) is 0 Å². The van der Waals surface area contributed by atoms with E-state index in [-0.39, 0.29) is 16.5 Å². The monoisotopic (exact) mass is 262 g/mol. The second-order valence-corrected chi connectivity index (χ2v) is 3.92. The first-order valence-corrected chi connectivity index (χ1v) is 5.41. The first-order chi connectivity index (χ1) is 8.61. The molecule has 0 amide bonds. The molecule has 2 aromatic rings. The summed E-state index contributed by atoms with van der Waals surface area (Å²) in [7, 11) is 0. The van der Waals surface area contributed by atoms with Gasteiger partial charge in [-0.3, -0.25) is 0 Å². The number of nitrogens with two attached hydrogens (primary N) is 1. The Morgan fingerprint density at radius 2 is 1.94 bits per heavy atom. The van der Waals surface area contributed by atoms with Crippen LogP contribution >= 0.6 is 11.6 Å². The van der Waals surface area contributed by atoms with Crippen LogP contribution < -0.4 is 10.5 Å². The fourth-order valence-corrected chi connectivity index (χ4v) is 1.58. The molecule has 2 N–H and O–H groups in total. The number of rotatable bonds is 2. The van der Waals surface area contributed by atoms with Crippen LogP contribution in [0.4, 0.5) is 10.1 Å². The van der Waals surface area contributed by atoms with Crippen LogP contribution in [-0.4, -0.2) is 0 Å². The second-order valence-electron chi connectivity index (χ2n) is 3.51. The molecule has 3 nitrogen and oxygen atoms in total. The lowest BCUT2D eigenvalue weighted by Crippen LogP contribution is -1.94. The van der Waals surface area contributed by atoms with E-state index in [1.807, 2.05) is 6.07 Å². The highest BCUT2D eigenvalue weighted by atomic mass is 35.5. The highest BCUT2D eigenvalue weighted by Gasteiger charge is 2.10. The van der Waals surface area contributed by atoms with Crippen molar-refractivity contribution >= 4 is 17.3 Å². The minimum absolute atomic E-state index is 0.0659. The van der Waals surface area contributed by atoms with Gasteiger partial charge in [-0.2, -0.15) is 5.26 Å². The predicted octanol–water partition coefficient (Wildman–Crippen LogP) is 3.73. The topological polar surface area (TPSA) is 59.0 Å². The van der Waals surface area contributed by atoms with Crippen LogP contribution in [0.25, 0.3) is 0 Å². The fourth-order valence-electron chi connectivity index (χ4n) is 1.39. The number of nitrogen functional groups attached to an aromatic ring is 1. The molecular formula is C13H8ClFN2O. The summed E-state index contributed by atoms with van der Waals surface area (Å²) in [5.41, 5.74) is 5.73. The molecule has 0 spiro atoms. The first kappa shape index (κ1) is 12.2. The van der Waals surface area contributed by atoms with Crippen LogP contribution in [0.2, 0.25) is 5.02 Å². The summed E-state index contributed by atoms with van der Waals surface area (Å²) in [5.74, 6) is -0.0629. The van der Waals surface area contributed by atoms with E-state index in [2.05, 4.69) is 0 Å². The molecule has 0 saturated heterocycles. The van der Waals surface area contributed by atoms with Gasteiger partial charge >= 0.3 is 0 Å². The van der Waals surface area contributed by atoms with E-state index >= 15 is 0 Å². The van der Waals surface area contributed by atoms with E-state index in [0.29, 0.717) is 11.3 Å². The van der Waals surface area contributed by atoms with Gasteiger partial charge in [0.1, 0.15) is 23.4 Å². The van der Waals surface area contributed by atoms with Gasteiger partial charge in [0, 0.05) is 6.07 Å². The molecule has 0 bridgehead atoms. The molecule has 2 aromatic carbocycles. The number of nitriles is 1. The molecule has 90 valence electrons. The van der Waals surface area contributed by atoms with Crippen molar-refractivity contribution in [3.8, 4) is 17.6 Å². The van der Waals surface area contributed by atoms with Gasteiger partial charge in [-0.25, -0.2) is 4.39 Å². The highest BCUT2D eigenvalue weighted by molar-refractivity contribution is 6.32. The van der Waals surface area contributed by atoms with E-state index in [9.17, 15) is 4.39 Å². The highest BCUT2D eigenvalue weighted by Crippen LogP contribution is 2.33. The molecule has 0 atom stereocenters. The maximum Gasteiger partial charge on any atom is 0.148 e. The normalized spacial score (nSPS) is 9.83. The van der Waals surface area contributed by atoms with Crippen LogP contribution in [0, 0.1) is 17.1 Å². The summed E-state index contributed by atoms with van der Waals surface area (Å²) in [6, 6.07) is 11.0. The maximum absolute atomic E-state index is 13.1. The molecule has 0 aliphatic rings.